The minimum atomic E-state index is -0.0445. The van der Waals surface area contributed by atoms with Crippen molar-refractivity contribution < 1.29 is 14.3 Å². The Kier molecular flexibility index (Phi) is 9.00. The molecule has 0 unspecified atom stereocenters. The lowest BCUT2D eigenvalue weighted by Crippen LogP contribution is -2.41. The molecule has 7 nitrogen and oxygen atoms in total. The first kappa shape index (κ1) is 23.4. The molecule has 0 heterocycles. The van der Waals surface area contributed by atoms with Gasteiger partial charge in [0, 0.05) is 39.4 Å². The van der Waals surface area contributed by atoms with Gasteiger partial charge in [-0.05, 0) is 68.6 Å². The number of rotatable bonds is 13. The summed E-state index contributed by atoms with van der Waals surface area (Å²) < 4.78 is 10.9. The highest BCUT2D eigenvalue weighted by Crippen LogP contribution is 2.44. The Morgan fingerprint density at radius 1 is 1.19 bits per heavy atom. The lowest BCUT2D eigenvalue weighted by Gasteiger charge is -2.40. The van der Waals surface area contributed by atoms with E-state index in [1.54, 1.807) is 7.11 Å². The quantitative estimate of drug-likeness (QED) is 0.331. The van der Waals surface area contributed by atoms with Crippen LogP contribution >= 0.6 is 0 Å². The highest BCUT2D eigenvalue weighted by atomic mass is 16.5. The normalized spacial score (nSPS) is 17.5. The summed E-state index contributed by atoms with van der Waals surface area (Å²) in [6, 6.07) is 8.32. The summed E-state index contributed by atoms with van der Waals surface area (Å²) in [5, 5.41) is 9.72. The van der Waals surface area contributed by atoms with Crippen LogP contribution in [0.2, 0.25) is 0 Å². The maximum absolute atomic E-state index is 11.7. The monoisotopic (exact) mass is 430 g/mol. The Morgan fingerprint density at radius 2 is 1.97 bits per heavy atom. The fraction of sp³-hybridized carbons (Fsp3) is 0.667. The van der Waals surface area contributed by atoms with E-state index in [0.717, 1.165) is 63.6 Å². The van der Waals surface area contributed by atoms with Gasteiger partial charge in [0.15, 0.2) is 12.6 Å². The summed E-state index contributed by atoms with van der Waals surface area (Å²) in [6.45, 7) is 5.48. The number of benzene rings is 1. The molecule has 0 aromatic heterocycles. The van der Waals surface area contributed by atoms with Crippen molar-refractivity contribution in [2.75, 3.05) is 40.0 Å². The lowest BCUT2D eigenvalue weighted by atomic mass is 9.67. The minimum Gasteiger partial charge on any atom is -0.484 e. The molecular formula is C24H38N4O3. The third-order valence-corrected chi connectivity index (χ3v) is 6.11. The van der Waals surface area contributed by atoms with E-state index in [0.29, 0.717) is 11.5 Å². The number of guanidine groups is 1. The van der Waals surface area contributed by atoms with Crippen molar-refractivity contribution in [3.8, 4) is 5.75 Å². The van der Waals surface area contributed by atoms with E-state index in [1.165, 1.54) is 24.8 Å². The molecule has 0 atom stereocenters. The Bertz CT molecular complexity index is 712. The van der Waals surface area contributed by atoms with Crippen molar-refractivity contribution in [1.82, 2.24) is 16.0 Å². The molecule has 2 aliphatic rings. The molecule has 7 heteroatoms. The molecule has 0 saturated heterocycles. The van der Waals surface area contributed by atoms with Gasteiger partial charge in [-0.3, -0.25) is 9.79 Å². The first-order chi connectivity index (χ1) is 15.1. The van der Waals surface area contributed by atoms with Gasteiger partial charge in [0.25, 0.3) is 5.91 Å². The van der Waals surface area contributed by atoms with E-state index in [9.17, 15) is 4.79 Å². The Morgan fingerprint density at radius 3 is 2.58 bits per heavy atom. The van der Waals surface area contributed by atoms with Gasteiger partial charge in [-0.2, -0.15) is 0 Å². The van der Waals surface area contributed by atoms with Crippen LogP contribution in [0, 0.1) is 5.41 Å². The van der Waals surface area contributed by atoms with Crippen LogP contribution in [0.15, 0.2) is 29.3 Å². The summed E-state index contributed by atoms with van der Waals surface area (Å²) in [6.07, 6.45) is 7.94. The van der Waals surface area contributed by atoms with Crippen molar-refractivity contribution in [1.29, 1.82) is 0 Å². The number of ether oxygens (including phenoxy) is 2. The fourth-order valence-corrected chi connectivity index (χ4v) is 3.79. The van der Waals surface area contributed by atoms with Crippen LogP contribution < -0.4 is 20.7 Å². The molecule has 1 aromatic carbocycles. The topological polar surface area (TPSA) is 84.0 Å². The number of nitrogens with zero attached hydrogens (tertiary/aromatic N) is 1. The molecule has 0 bridgehead atoms. The van der Waals surface area contributed by atoms with E-state index in [2.05, 4.69) is 22.9 Å². The van der Waals surface area contributed by atoms with Gasteiger partial charge in [-0.1, -0.05) is 18.6 Å². The van der Waals surface area contributed by atoms with Crippen LogP contribution in [0.5, 0.6) is 5.75 Å². The van der Waals surface area contributed by atoms with E-state index in [1.807, 2.05) is 24.3 Å². The van der Waals surface area contributed by atoms with Crippen LogP contribution in [0.4, 0.5) is 0 Å². The Labute approximate surface area is 186 Å². The predicted molar refractivity (Wildman–Crippen MR) is 124 cm³/mol. The number of carbonyl (C=O) groups is 1. The maximum atomic E-state index is 11.7. The van der Waals surface area contributed by atoms with E-state index < -0.39 is 0 Å². The number of amides is 1. The van der Waals surface area contributed by atoms with Gasteiger partial charge in [0.1, 0.15) is 5.75 Å². The zero-order valence-corrected chi connectivity index (χ0v) is 19.0. The molecule has 3 rings (SSSR count). The first-order valence-corrected chi connectivity index (χ1v) is 11.6. The molecule has 2 fully saturated rings. The van der Waals surface area contributed by atoms with E-state index in [-0.39, 0.29) is 12.5 Å². The molecule has 172 valence electrons. The third-order valence-electron chi connectivity index (χ3n) is 6.11. The van der Waals surface area contributed by atoms with Crippen LogP contribution in [-0.4, -0.2) is 57.9 Å². The first-order valence-electron chi connectivity index (χ1n) is 11.6. The predicted octanol–water partition coefficient (Wildman–Crippen LogP) is 2.65. The van der Waals surface area contributed by atoms with Crippen molar-refractivity contribution in [2.45, 2.75) is 57.9 Å². The maximum Gasteiger partial charge on any atom is 0.258 e. The molecule has 1 aromatic rings. The van der Waals surface area contributed by atoms with Crippen molar-refractivity contribution >= 4 is 11.9 Å². The van der Waals surface area contributed by atoms with Gasteiger partial charge in [0.2, 0.25) is 0 Å². The summed E-state index contributed by atoms with van der Waals surface area (Å²) in [5.74, 6) is 1.56. The average Bonchev–Trinajstić information content (AvgIpc) is 3.56. The molecule has 0 spiro atoms. The SMILES string of the molecule is CCNC(=NCC1(CCOC)CCC1)NCCc1ccc(OCC(=O)NC2CC2)cc1. The molecule has 2 saturated carbocycles. The molecule has 2 aliphatic carbocycles. The van der Waals surface area contributed by atoms with E-state index in [4.69, 9.17) is 14.5 Å². The summed E-state index contributed by atoms with van der Waals surface area (Å²) >= 11 is 0. The molecule has 0 radical (unpaired) electrons. The number of nitrogens with one attached hydrogen (secondary N) is 3. The van der Waals surface area contributed by atoms with Gasteiger partial charge in [0.05, 0.1) is 0 Å². The standard InChI is InChI=1S/C24H38N4O3/c1-3-25-23(27-18-24(12-4-13-24)14-16-30-2)26-15-11-19-5-9-21(10-6-19)31-17-22(29)28-20-7-8-20/h5-6,9-10,20H,3-4,7-8,11-18H2,1-2H3,(H,28,29)(H2,25,26,27). The van der Waals surface area contributed by atoms with Crippen molar-refractivity contribution in [3.05, 3.63) is 29.8 Å². The zero-order chi connectivity index (χ0) is 21.9. The number of hydrogen-bond acceptors (Lipinski definition) is 4. The molecule has 0 aliphatic heterocycles. The van der Waals surface area contributed by atoms with Crippen LogP contribution in [0.1, 0.15) is 51.0 Å². The van der Waals surface area contributed by atoms with E-state index >= 15 is 0 Å². The van der Waals surface area contributed by atoms with Gasteiger partial charge >= 0.3 is 0 Å². The largest absolute Gasteiger partial charge is 0.484 e. The summed E-state index contributed by atoms with van der Waals surface area (Å²) in [4.78, 5) is 16.6. The summed E-state index contributed by atoms with van der Waals surface area (Å²) in [5.41, 5.74) is 1.54. The average molecular weight is 431 g/mol. The minimum absolute atomic E-state index is 0.0445. The molecular weight excluding hydrogens is 392 g/mol. The number of aliphatic imine (C=N–C) groups is 1. The molecule has 1 amide bonds. The van der Waals surface area contributed by atoms with Gasteiger partial charge < -0.3 is 25.4 Å². The number of hydrogen-bond donors (Lipinski definition) is 3. The van der Waals surface area contributed by atoms with Crippen LogP contribution in [0.25, 0.3) is 0 Å². The van der Waals surface area contributed by atoms with Gasteiger partial charge in [-0.15, -0.1) is 0 Å². The smallest absolute Gasteiger partial charge is 0.258 e. The van der Waals surface area contributed by atoms with Crippen molar-refractivity contribution in [3.63, 3.8) is 0 Å². The highest BCUT2D eigenvalue weighted by Gasteiger charge is 2.36. The van der Waals surface area contributed by atoms with Crippen LogP contribution in [0.3, 0.4) is 0 Å². The second-order valence-electron chi connectivity index (χ2n) is 8.74. The summed E-state index contributed by atoms with van der Waals surface area (Å²) in [7, 11) is 1.77. The second-order valence-corrected chi connectivity index (χ2v) is 8.74. The Balaban J connectivity index is 1.39. The molecule has 3 N–H and O–H groups in total. The number of carbonyl (C=O) groups excluding carboxylic acids is 1. The van der Waals surface area contributed by atoms with Crippen LogP contribution in [-0.2, 0) is 16.0 Å². The Hall–Kier alpha value is -2.28. The highest BCUT2D eigenvalue weighted by molar-refractivity contribution is 5.79. The zero-order valence-electron chi connectivity index (χ0n) is 19.0. The lowest BCUT2D eigenvalue weighted by molar-refractivity contribution is -0.123. The van der Waals surface area contributed by atoms with Crippen molar-refractivity contribution in [2.24, 2.45) is 10.4 Å². The number of methoxy groups -OCH3 is 1. The fourth-order valence-electron chi connectivity index (χ4n) is 3.79. The second kappa shape index (κ2) is 11.9. The third kappa shape index (κ3) is 8.05. The van der Waals surface area contributed by atoms with Gasteiger partial charge in [-0.25, -0.2) is 0 Å². The molecule has 31 heavy (non-hydrogen) atoms.